The molecule has 1 aliphatic rings. The van der Waals surface area contributed by atoms with Gasteiger partial charge in [0.2, 0.25) is 11.8 Å². The van der Waals surface area contributed by atoms with Gasteiger partial charge < -0.3 is 10.6 Å². The van der Waals surface area contributed by atoms with E-state index in [-0.39, 0.29) is 5.69 Å². The highest BCUT2D eigenvalue weighted by atomic mass is 19.2. The Labute approximate surface area is 142 Å². The lowest BCUT2D eigenvalue weighted by Gasteiger charge is -2.15. The third-order valence-corrected chi connectivity index (χ3v) is 4.05. The molecule has 0 aliphatic heterocycles. The fourth-order valence-electron chi connectivity index (χ4n) is 2.42. The zero-order valence-corrected chi connectivity index (χ0v) is 13.0. The highest BCUT2D eigenvalue weighted by Gasteiger charge is 2.56. The SMILES string of the molecule is N#Cc1cccc(NC(=O)C2(C(=O)Nc3ccc(F)c(F)c3)CC2)c1. The number of nitriles is 1. The van der Waals surface area contributed by atoms with Crippen LogP contribution in [0, 0.1) is 28.4 Å². The minimum absolute atomic E-state index is 0.0782. The Morgan fingerprint density at radius 1 is 0.960 bits per heavy atom. The molecule has 1 saturated carbocycles. The summed E-state index contributed by atoms with van der Waals surface area (Å²) in [5.74, 6) is -3.18. The van der Waals surface area contributed by atoms with E-state index in [0.29, 0.717) is 24.1 Å². The Kier molecular flexibility index (Phi) is 4.19. The van der Waals surface area contributed by atoms with Gasteiger partial charge in [0.15, 0.2) is 11.6 Å². The van der Waals surface area contributed by atoms with Crippen molar-refractivity contribution in [2.75, 3.05) is 10.6 Å². The van der Waals surface area contributed by atoms with Gasteiger partial charge in [0.05, 0.1) is 11.6 Å². The molecule has 0 aromatic heterocycles. The highest BCUT2D eigenvalue weighted by molar-refractivity contribution is 6.16. The van der Waals surface area contributed by atoms with Gasteiger partial charge in [0, 0.05) is 17.4 Å². The van der Waals surface area contributed by atoms with Crippen LogP contribution in [0.3, 0.4) is 0 Å². The van der Waals surface area contributed by atoms with Gasteiger partial charge in [-0.05, 0) is 43.2 Å². The minimum atomic E-state index is -1.24. The number of nitrogens with one attached hydrogen (secondary N) is 2. The van der Waals surface area contributed by atoms with E-state index in [4.69, 9.17) is 5.26 Å². The second-order valence-electron chi connectivity index (χ2n) is 5.81. The quantitative estimate of drug-likeness (QED) is 0.838. The number of anilines is 2. The van der Waals surface area contributed by atoms with E-state index in [2.05, 4.69) is 10.6 Å². The standard InChI is InChI=1S/C18H13F2N3O2/c19-14-5-4-13(9-15(14)20)23-17(25)18(6-7-18)16(24)22-12-3-1-2-11(8-12)10-21/h1-5,8-9H,6-7H2,(H,22,24)(H,23,25). The summed E-state index contributed by atoms with van der Waals surface area (Å²) in [5.41, 5.74) is -0.368. The van der Waals surface area contributed by atoms with Gasteiger partial charge >= 0.3 is 0 Å². The normalized spacial score (nSPS) is 14.3. The Morgan fingerprint density at radius 2 is 1.60 bits per heavy atom. The van der Waals surface area contributed by atoms with E-state index in [1.807, 2.05) is 6.07 Å². The number of rotatable bonds is 4. The smallest absolute Gasteiger partial charge is 0.240 e. The molecule has 2 aromatic rings. The van der Waals surface area contributed by atoms with Crippen LogP contribution >= 0.6 is 0 Å². The summed E-state index contributed by atoms with van der Waals surface area (Å²) in [4.78, 5) is 24.9. The molecule has 0 saturated heterocycles. The third-order valence-electron chi connectivity index (χ3n) is 4.05. The van der Waals surface area contributed by atoms with Crippen molar-refractivity contribution in [3.8, 4) is 6.07 Å². The molecule has 0 heterocycles. The predicted octanol–water partition coefficient (Wildman–Crippen LogP) is 3.19. The number of nitrogens with zero attached hydrogens (tertiary/aromatic N) is 1. The van der Waals surface area contributed by atoms with Crippen molar-refractivity contribution in [3.63, 3.8) is 0 Å². The lowest BCUT2D eigenvalue weighted by molar-refractivity contribution is -0.131. The Morgan fingerprint density at radius 3 is 2.16 bits per heavy atom. The van der Waals surface area contributed by atoms with Crippen molar-refractivity contribution in [3.05, 3.63) is 59.7 Å². The van der Waals surface area contributed by atoms with Gasteiger partial charge in [-0.1, -0.05) is 6.07 Å². The van der Waals surface area contributed by atoms with Gasteiger partial charge in [-0.3, -0.25) is 9.59 Å². The molecule has 3 rings (SSSR count). The molecule has 5 nitrogen and oxygen atoms in total. The topological polar surface area (TPSA) is 82.0 Å². The number of halogens is 2. The summed E-state index contributed by atoms with van der Waals surface area (Å²) < 4.78 is 26.2. The summed E-state index contributed by atoms with van der Waals surface area (Å²) in [6.07, 6.45) is 0.707. The average molecular weight is 341 g/mol. The van der Waals surface area contributed by atoms with Crippen LogP contribution in [0.5, 0.6) is 0 Å². The minimum Gasteiger partial charge on any atom is -0.325 e. The van der Waals surface area contributed by atoms with E-state index < -0.39 is 28.9 Å². The first-order valence-electron chi connectivity index (χ1n) is 7.53. The first kappa shape index (κ1) is 16.6. The Hall–Kier alpha value is -3.27. The fourth-order valence-corrected chi connectivity index (χ4v) is 2.42. The molecular weight excluding hydrogens is 328 g/mol. The van der Waals surface area contributed by atoms with Gasteiger partial charge in [-0.2, -0.15) is 5.26 Å². The molecule has 2 aromatic carbocycles. The first-order chi connectivity index (χ1) is 11.9. The van der Waals surface area contributed by atoms with Crippen molar-refractivity contribution in [2.45, 2.75) is 12.8 Å². The second kappa shape index (κ2) is 6.32. The van der Waals surface area contributed by atoms with Crippen LogP contribution in [-0.2, 0) is 9.59 Å². The van der Waals surface area contributed by atoms with Crippen molar-refractivity contribution < 1.29 is 18.4 Å². The predicted molar refractivity (Wildman–Crippen MR) is 86.4 cm³/mol. The molecule has 2 amide bonds. The van der Waals surface area contributed by atoms with Crippen LogP contribution in [0.2, 0.25) is 0 Å². The summed E-state index contributed by atoms with van der Waals surface area (Å²) in [5, 5.41) is 13.9. The van der Waals surface area contributed by atoms with Crippen molar-refractivity contribution >= 4 is 23.2 Å². The third kappa shape index (κ3) is 3.33. The summed E-state index contributed by atoms with van der Waals surface area (Å²) in [6.45, 7) is 0. The number of carbonyl (C=O) groups excluding carboxylic acids is 2. The molecule has 0 unspecified atom stereocenters. The number of amides is 2. The molecule has 0 atom stereocenters. The van der Waals surface area contributed by atoms with E-state index >= 15 is 0 Å². The van der Waals surface area contributed by atoms with Crippen LogP contribution in [-0.4, -0.2) is 11.8 Å². The molecule has 1 aliphatic carbocycles. The number of carbonyl (C=O) groups is 2. The van der Waals surface area contributed by atoms with Crippen molar-refractivity contribution in [1.82, 2.24) is 0 Å². The van der Waals surface area contributed by atoms with Crippen LogP contribution in [0.4, 0.5) is 20.2 Å². The molecular formula is C18H13F2N3O2. The van der Waals surface area contributed by atoms with Crippen LogP contribution in [0.1, 0.15) is 18.4 Å². The monoisotopic (exact) mass is 341 g/mol. The second-order valence-corrected chi connectivity index (χ2v) is 5.81. The van der Waals surface area contributed by atoms with Gasteiger partial charge in [0.25, 0.3) is 0 Å². The summed E-state index contributed by atoms with van der Waals surface area (Å²) in [7, 11) is 0. The van der Waals surface area contributed by atoms with Crippen LogP contribution in [0.25, 0.3) is 0 Å². The average Bonchev–Trinajstić information content (AvgIpc) is 3.40. The molecule has 0 radical (unpaired) electrons. The molecule has 0 bridgehead atoms. The summed E-state index contributed by atoms with van der Waals surface area (Å²) in [6, 6.07) is 11.3. The molecule has 126 valence electrons. The number of hydrogen-bond donors (Lipinski definition) is 2. The van der Waals surface area contributed by atoms with Gasteiger partial charge in [0.1, 0.15) is 5.41 Å². The molecule has 25 heavy (non-hydrogen) atoms. The molecule has 7 heteroatoms. The van der Waals surface area contributed by atoms with E-state index in [9.17, 15) is 18.4 Å². The van der Waals surface area contributed by atoms with E-state index in [1.54, 1.807) is 18.2 Å². The van der Waals surface area contributed by atoms with Crippen molar-refractivity contribution in [2.24, 2.45) is 5.41 Å². The zero-order valence-electron chi connectivity index (χ0n) is 13.0. The number of benzene rings is 2. The zero-order chi connectivity index (χ0) is 18.0. The number of hydrogen-bond acceptors (Lipinski definition) is 3. The van der Waals surface area contributed by atoms with Crippen molar-refractivity contribution in [1.29, 1.82) is 5.26 Å². The maximum Gasteiger partial charge on any atom is 0.240 e. The fraction of sp³-hybridized carbons (Fsp3) is 0.167. The maximum absolute atomic E-state index is 13.2. The largest absolute Gasteiger partial charge is 0.325 e. The Balaban J connectivity index is 1.72. The van der Waals surface area contributed by atoms with E-state index in [1.165, 1.54) is 12.1 Å². The highest BCUT2D eigenvalue weighted by Crippen LogP contribution is 2.47. The summed E-state index contributed by atoms with van der Waals surface area (Å²) >= 11 is 0. The Bertz CT molecular complexity index is 901. The van der Waals surface area contributed by atoms with Crippen LogP contribution < -0.4 is 10.6 Å². The lowest BCUT2D eigenvalue weighted by atomic mass is 10.0. The lowest BCUT2D eigenvalue weighted by Crippen LogP contribution is -2.35. The van der Waals surface area contributed by atoms with E-state index in [0.717, 1.165) is 12.1 Å². The molecule has 1 fully saturated rings. The van der Waals surface area contributed by atoms with Crippen LogP contribution in [0.15, 0.2) is 42.5 Å². The molecule has 0 spiro atoms. The molecule has 2 N–H and O–H groups in total. The maximum atomic E-state index is 13.2. The first-order valence-corrected chi connectivity index (χ1v) is 7.53. The van der Waals surface area contributed by atoms with Gasteiger partial charge in [-0.25, -0.2) is 8.78 Å². The van der Waals surface area contributed by atoms with Gasteiger partial charge in [-0.15, -0.1) is 0 Å².